The molecule has 0 saturated heterocycles. The van der Waals surface area contributed by atoms with Crippen molar-refractivity contribution >= 4 is 0 Å². The minimum absolute atomic E-state index is 0.0325. The van der Waals surface area contributed by atoms with Crippen LogP contribution in [0, 0.1) is 11.6 Å². The zero-order valence-electron chi connectivity index (χ0n) is 10.1. The molecule has 1 unspecified atom stereocenters. The van der Waals surface area contributed by atoms with E-state index in [2.05, 4.69) is 15.3 Å². The Kier molecular flexibility index (Phi) is 4.04. The lowest BCUT2D eigenvalue weighted by molar-refractivity contribution is 0.499. The molecule has 18 heavy (non-hydrogen) atoms. The van der Waals surface area contributed by atoms with Crippen LogP contribution >= 0.6 is 0 Å². The molecule has 2 N–H and O–H groups in total. The van der Waals surface area contributed by atoms with Crippen LogP contribution in [0.15, 0.2) is 30.6 Å². The maximum absolute atomic E-state index is 13.1. The predicted octanol–water partition coefficient (Wildman–Crippen LogP) is 2.58. The number of rotatable bonds is 5. The molecule has 0 radical (unpaired) electrons. The average Bonchev–Trinajstić information content (AvgIpc) is 2.87. The molecule has 0 aliphatic heterocycles. The number of halogens is 2. The predicted molar refractivity (Wildman–Crippen MR) is 65.1 cm³/mol. The van der Waals surface area contributed by atoms with Crippen LogP contribution in [0.1, 0.15) is 24.4 Å². The van der Waals surface area contributed by atoms with E-state index in [-0.39, 0.29) is 6.04 Å². The van der Waals surface area contributed by atoms with Crippen LogP contribution in [-0.2, 0) is 6.42 Å². The van der Waals surface area contributed by atoms with Gasteiger partial charge >= 0.3 is 0 Å². The summed E-state index contributed by atoms with van der Waals surface area (Å²) in [5, 5.41) is 3.26. The van der Waals surface area contributed by atoms with Crippen LogP contribution in [0.4, 0.5) is 8.78 Å². The molecule has 0 bridgehead atoms. The molecule has 1 atom stereocenters. The minimum Gasteiger partial charge on any atom is -0.347 e. The molecule has 0 amide bonds. The van der Waals surface area contributed by atoms with Crippen molar-refractivity contribution in [3.8, 4) is 0 Å². The summed E-state index contributed by atoms with van der Waals surface area (Å²) < 4.78 is 26.0. The number of aromatic amines is 1. The zero-order valence-corrected chi connectivity index (χ0v) is 10.1. The van der Waals surface area contributed by atoms with E-state index >= 15 is 0 Å². The first-order valence-corrected chi connectivity index (χ1v) is 5.87. The molecule has 0 saturated carbocycles. The smallest absolute Gasteiger partial charge is 0.159 e. The number of imidazole rings is 1. The van der Waals surface area contributed by atoms with Crippen molar-refractivity contribution in [3.05, 3.63) is 53.6 Å². The molecule has 1 heterocycles. The average molecular weight is 251 g/mol. The van der Waals surface area contributed by atoms with Gasteiger partial charge in [0.05, 0.1) is 6.04 Å². The highest BCUT2D eigenvalue weighted by molar-refractivity contribution is 5.20. The van der Waals surface area contributed by atoms with Crippen molar-refractivity contribution in [1.82, 2.24) is 15.3 Å². The SMILES string of the molecule is CCNC(Cc1ccc(F)c(F)c1)c1ncc[nH]1. The Hall–Kier alpha value is -1.75. The highest BCUT2D eigenvalue weighted by Crippen LogP contribution is 2.17. The molecule has 2 aromatic rings. The molecule has 3 nitrogen and oxygen atoms in total. The Bertz CT molecular complexity index is 497. The molecule has 0 spiro atoms. The largest absolute Gasteiger partial charge is 0.347 e. The first-order chi connectivity index (χ1) is 8.70. The fraction of sp³-hybridized carbons (Fsp3) is 0.308. The highest BCUT2D eigenvalue weighted by Gasteiger charge is 2.14. The number of likely N-dealkylation sites (N-methyl/N-ethyl adjacent to an activating group) is 1. The standard InChI is InChI=1S/C13H15F2N3/c1-2-16-12(13-17-5-6-18-13)8-9-3-4-10(14)11(15)7-9/h3-7,12,16H,2,8H2,1H3,(H,17,18). The van der Waals surface area contributed by atoms with Gasteiger partial charge in [0, 0.05) is 12.4 Å². The minimum atomic E-state index is -0.822. The van der Waals surface area contributed by atoms with Crippen LogP contribution in [-0.4, -0.2) is 16.5 Å². The van der Waals surface area contributed by atoms with E-state index in [0.29, 0.717) is 6.42 Å². The van der Waals surface area contributed by atoms with Crippen molar-refractivity contribution in [2.45, 2.75) is 19.4 Å². The van der Waals surface area contributed by atoms with Gasteiger partial charge in [-0.05, 0) is 30.7 Å². The molecular weight excluding hydrogens is 236 g/mol. The summed E-state index contributed by atoms with van der Waals surface area (Å²) in [4.78, 5) is 7.21. The second-order valence-electron chi connectivity index (χ2n) is 4.04. The van der Waals surface area contributed by atoms with Crippen LogP contribution in [0.3, 0.4) is 0 Å². The normalized spacial score (nSPS) is 12.6. The number of hydrogen-bond donors (Lipinski definition) is 2. The van der Waals surface area contributed by atoms with Gasteiger partial charge < -0.3 is 10.3 Å². The van der Waals surface area contributed by atoms with Gasteiger partial charge in [0.1, 0.15) is 5.82 Å². The van der Waals surface area contributed by atoms with Crippen LogP contribution in [0.5, 0.6) is 0 Å². The fourth-order valence-electron chi connectivity index (χ4n) is 1.88. The Morgan fingerprint density at radius 3 is 2.78 bits per heavy atom. The molecule has 0 fully saturated rings. The van der Waals surface area contributed by atoms with Crippen molar-refractivity contribution in [2.24, 2.45) is 0 Å². The molecule has 2 rings (SSSR count). The Balaban J connectivity index is 2.16. The van der Waals surface area contributed by atoms with Crippen LogP contribution in [0.2, 0.25) is 0 Å². The first kappa shape index (κ1) is 12.7. The van der Waals surface area contributed by atoms with Crippen LogP contribution < -0.4 is 5.32 Å². The van der Waals surface area contributed by atoms with E-state index < -0.39 is 11.6 Å². The van der Waals surface area contributed by atoms with Crippen molar-refractivity contribution in [1.29, 1.82) is 0 Å². The zero-order chi connectivity index (χ0) is 13.0. The molecule has 0 aliphatic rings. The molecule has 1 aromatic carbocycles. The van der Waals surface area contributed by atoms with E-state index in [0.717, 1.165) is 24.0 Å². The summed E-state index contributed by atoms with van der Waals surface area (Å²) in [5.41, 5.74) is 0.733. The number of aromatic nitrogens is 2. The topological polar surface area (TPSA) is 40.7 Å². The number of hydrogen-bond acceptors (Lipinski definition) is 2. The summed E-state index contributed by atoms with van der Waals surface area (Å²) in [5.74, 6) is -0.847. The summed E-state index contributed by atoms with van der Waals surface area (Å²) >= 11 is 0. The van der Waals surface area contributed by atoms with Crippen molar-refractivity contribution < 1.29 is 8.78 Å². The summed E-state index contributed by atoms with van der Waals surface area (Å²) in [6.07, 6.45) is 3.97. The van der Waals surface area contributed by atoms with E-state index in [4.69, 9.17) is 0 Å². The summed E-state index contributed by atoms with van der Waals surface area (Å²) in [6, 6.07) is 3.93. The second kappa shape index (κ2) is 5.73. The number of nitrogens with one attached hydrogen (secondary N) is 2. The third kappa shape index (κ3) is 2.92. The van der Waals surface area contributed by atoms with Gasteiger partial charge in [-0.25, -0.2) is 13.8 Å². The second-order valence-corrected chi connectivity index (χ2v) is 4.04. The molecule has 1 aromatic heterocycles. The van der Waals surface area contributed by atoms with Crippen LogP contribution in [0.25, 0.3) is 0 Å². The summed E-state index contributed by atoms with van der Waals surface area (Å²) in [7, 11) is 0. The summed E-state index contributed by atoms with van der Waals surface area (Å²) in [6.45, 7) is 2.76. The van der Waals surface area contributed by atoms with Gasteiger partial charge in [-0.2, -0.15) is 0 Å². The third-order valence-electron chi connectivity index (χ3n) is 2.72. The van der Waals surface area contributed by atoms with Crippen molar-refractivity contribution in [3.63, 3.8) is 0 Å². The van der Waals surface area contributed by atoms with Gasteiger partial charge in [0.2, 0.25) is 0 Å². The van der Waals surface area contributed by atoms with Crippen molar-refractivity contribution in [2.75, 3.05) is 6.54 Å². The molecular formula is C13H15F2N3. The van der Waals surface area contributed by atoms with E-state index in [1.54, 1.807) is 18.5 Å². The van der Waals surface area contributed by atoms with E-state index in [1.165, 1.54) is 6.07 Å². The number of benzene rings is 1. The lowest BCUT2D eigenvalue weighted by atomic mass is 10.1. The Labute approximate surface area is 104 Å². The molecule has 96 valence electrons. The maximum Gasteiger partial charge on any atom is 0.159 e. The van der Waals surface area contributed by atoms with Gasteiger partial charge in [0.25, 0.3) is 0 Å². The van der Waals surface area contributed by atoms with Gasteiger partial charge in [-0.1, -0.05) is 13.0 Å². The first-order valence-electron chi connectivity index (χ1n) is 5.87. The quantitative estimate of drug-likeness (QED) is 0.857. The van der Waals surface area contributed by atoms with Gasteiger partial charge in [-0.15, -0.1) is 0 Å². The van der Waals surface area contributed by atoms with Gasteiger partial charge in [0.15, 0.2) is 11.6 Å². The monoisotopic (exact) mass is 251 g/mol. The molecule has 5 heteroatoms. The maximum atomic E-state index is 13.1. The van der Waals surface area contributed by atoms with Gasteiger partial charge in [-0.3, -0.25) is 0 Å². The molecule has 0 aliphatic carbocycles. The lowest BCUT2D eigenvalue weighted by Crippen LogP contribution is -2.24. The Morgan fingerprint density at radius 2 is 2.17 bits per heavy atom. The van der Waals surface area contributed by atoms with E-state index in [9.17, 15) is 8.78 Å². The Morgan fingerprint density at radius 1 is 1.33 bits per heavy atom. The fourth-order valence-corrected chi connectivity index (χ4v) is 1.88. The van der Waals surface area contributed by atoms with E-state index in [1.807, 2.05) is 6.92 Å². The number of nitrogens with zero attached hydrogens (tertiary/aromatic N) is 1. The third-order valence-corrected chi connectivity index (χ3v) is 2.72. The number of H-pyrrole nitrogens is 1. The highest BCUT2D eigenvalue weighted by atomic mass is 19.2. The lowest BCUT2D eigenvalue weighted by Gasteiger charge is -2.15.